The van der Waals surface area contributed by atoms with Crippen molar-refractivity contribution in [3.05, 3.63) is 71.6 Å². The SMILES string of the molecule is O=C(/C=C/c1ccc(C(=O)NC2CC2)cc1)Nc1nc(-c2ccc(F)cc2)ns1. The molecule has 8 heteroatoms. The fourth-order valence-electron chi connectivity index (χ4n) is 2.55. The third-order valence-electron chi connectivity index (χ3n) is 4.27. The highest BCUT2D eigenvalue weighted by atomic mass is 32.1. The molecule has 0 unspecified atom stereocenters. The van der Waals surface area contributed by atoms with Crippen molar-refractivity contribution in [1.29, 1.82) is 0 Å². The molecule has 4 rings (SSSR count). The van der Waals surface area contributed by atoms with Crippen LogP contribution in [0.1, 0.15) is 28.8 Å². The number of hydrogen-bond donors (Lipinski definition) is 2. The lowest BCUT2D eigenvalue weighted by molar-refractivity contribution is -0.111. The predicted molar refractivity (Wildman–Crippen MR) is 110 cm³/mol. The van der Waals surface area contributed by atoms with E-state index in [9.17, 15) is 14.0 Å². The molecular formula is C21H17FN4O2S. The fraction of sp³-hybridized carbons (Fsp3) is 0.143. The van der Waals surface area contributed by atoms with E-state index in [4.69, 9.17) is 0 Å². The topological polar surface area (TPSA) is 84.0 Å². The van der Waals surface area contributed by atoms with Gasteiger partial charge in [0.05, 0.1) is 0 Å². The van der Waals surface area contributed by atoms with Crippen molar-refractivity contribution < 1.29 is 14.0 Å². The number of rotatable bonds is 6. The summed E-state index contributed by atoms with van der Waals surface area (Å²) in [7, 11) is 0. The van der Waals surface area contributed by atoms with E-state index in [1.54, 1.807) is 42.5 Å². The summed E-state index contributed by atoms with van der Waals surface area (Å²) in [6.07, 6.45) is 5.13. The van der Waals surface area contributed by atoms with E-state index in [1.165, 1.54) is 18.2 Å². The molecule has 0 saturated heterocycles. The largest absolute Gasteiger partial charge is 0.349 e. The van der Waals surface area contributed by atoms with E-state index < -0.39 is 0 Å². The molecule has 6 nitrogen and oxygen atoms in total. The average molecular weight is 408 g/mol. The molecule has 0 atom stereocenters. The van der Waals surface area contributed by atoms with Gasteiger partial charge in [-0.25, -0.2) is 4.39 Å². The molecule has 2 aromatic carbocycles. The standard InChI is InChI=1S/C21H17FN4O2S/c22-16-8-6-14(7-9-16)19-25-21(29-26-19)24-18(27)12-3-13-1-4-15(5-2-13)20(28)23-17-10-11-17/h1-9,12,17H,10-11H2,(H,23,28)(H,24,25,26,27)/b12-3+. The minimum atomic E-state index is -0.345. The molecule has 2 amide bonds. The van der Waals surface area contributed by atoms with Crippen molar-refractivity contribution in [3.63, 3.8) is 0 Å². The molecule has 1 saturated carbocycles. The minimum absolute atomic E-state index is 0.0750. The number of nitrogens with zero attached hydrogens (tertiary/aromatic N) is 2. The number of amides is 2. The number of hydrogen-bond acceptors (Lipinski definition) is 5. The van der Waals surface area contributed by atoms with Gasteiger partial charge in [0.1, 0.15) is 5.82 Å². The fourth-order valence-corrected chi connectivity index (χ4v) is 3.14. The molecule has 2 N–H and O–H groups in total. The van der Waals surface area contributed by atoms with Crippen LogP contribution in [0.5, 0.6) is 0 Å². The highest BCUT2D eigenvalue weighted by Gasteiger charge is 2.23. The summed E-state index contributed by atoms with van der Waals surface area (Å²) in [4.78, 5) is 28.3. The Bertz CT molecular complexity index is 1060. The molecule has 1 fully saturated rings. The van der Waals surface area contributed by atoms with Crippen LogP contribution in [-0.2, 0) is 4.79 Å². The van der Waals surface area contributed by atoms with Gasteiger partial charge in [-0.05, 0) is 60.9 Å². The molecule has 146 valence electrons. The Hall–Kier alpha value is -3.39. The molecule has 0 aliphatic heterocycles. The maximum atomic E-state index is 13.0. The van der Waals surface area contributed by atoms with Gasteiger partial charge in [-0.15, -0.1) is 0 Å². The van der Waals surface area contributed by atoms with E-state index >= 15 is 0 Å². The second kappa shape index (κ2) is 8.32. The summed E-state index contributed by atoms with van der Waals surface area (Å²) in [6.45, 7) is 0. The van der Waals surface area contributed by atoms with E-state index in [-0.39, 0.29) is 17.6 Å². The molecule has 3 aromatic rings. The minimum Gasteiger partial charge on any atom is -0.349 e. The van der Waals surface area contributed by atoms with Crippen LogP contribution >= 0.6 is 11.5 Å². The van der Waals surface area contributed by atoms with Gasteiger partial charge in [-0.2, -0.15) is 9.36 Å². The number of anilines is 1. The summed E-state index contributed by atoms with van der Waals surface area (Å²) < 4.78 is 17.2. The third-order valence-corrected chi connectivity index (χ3v) is 4.90. The number of aromatic nitrogens is 2. The number of carbonyl (C=O) groups is 2. The van der Waals surface area contributed by atoms with Crippen molar-refractivity contribution in [2.75, 3.05) is 5.32 Å². The smallest absolute Gasteiger partial charge is 0.251 e. The summed E-state index contributed by atoms with van der Waals surface area (Å²) in [5.74, 6) is -0.329. The van der Waals surface area contributed by atoms with Crippen LogP contribution in [0, 0.1) is 5.82 Å². The molecule has 29 heavy (non-hydrogen) atoms. The number of halogens is 1. The van der Waals surface area contributed by atoms with Crippen LogP contribution in [0.25, 0.3) is 17.5 Å². The molecule has 0 bridgehead atoms. The van der Waals surface area contributed by atoms with Gasteiger partial charge in [0.2, 0.25) is 11.0 Å². The normalized spacial score (nSPS) is 13.4. The van der Waals surface area contributed by atoms with Crippen molar-refractivity contribution in [1.82, 2.24) is 14.7 Å². The van der Waals surface area contributed by atoms with Gasteiger partial charge >= 0.3 is 0 Å². The van der Waals surface area contributed by atoms with Crippen molar-refractivity contribution >= 4 is 34.6 Å². The molecule has 1 aliphatic carbocycles. The van der Waals surface area contributed by atoms with Crippen LogP contribution in [0.2, 0.25) is 0 Å². The highest BCUT2D eigenvalue weighted by molar-refractivity contribution is 7.10. The molecule has 0 spiro atoms. The first-order valence-corrected chi connectivity index (χ1v) is 9.84. The first kappa shape index (κ1) is 18.9. The number of nitrogens with one attached hydrogen (secondary N) is 2. The number of carbonyl (C=O) groups excluding carboxylic acids is 2. The Morgan fingerprint density at radius 2 is 1.79 bits per heavy atom. The zero-order valence-corrected chi connectivity index (χ0v) is 16.1. The quantitative estimate of drug-likeness (QED) is 0.606. The molecule has 0 radical (unpaired) electrons. The summed E-state index contributed by atoms with van der Waals surface area (Å²) >= 11 is 1.05. The Labute approximate surface area is 170 Å². The maximum absolute atomic E-state index is 13.0. The molecule has 1 heterocycles. The zero-order valence-electron chi connectivity index (χ0n) is 15.3. The van der Waals surface area contributed by atoms with Gasteiger partial charge in [0.25, 0.3) is 5.91 Å². The predicted octanol–water partition coefficient (Wildman–Crippen LogP) is 3.89. The van der Waals surface area contributed by atoms with Crippen molar-refractivity contribution in [2.45, 2.75) is 18.9 Å². The first-order chi connectivity index (χ1) is 14.1. The Balaban J connectivity index is 1.34. The Morgan fingerprint density at radius 3 is 2.48 bits per heavy atom. The highest BCUT2D eigenvalue weighted by Crippen LogP contribution is 2.21. The first-order valence-electron chi connectivity index (χ1n) is 9.06. The van der Waals surface area contributed by atoms with E-state index in [0.29, 0.717) is 28.1 Å². The second-order valence-electron chi connectivity index (χ2n) is 6.62. The lowest BCUT2D eigenvalue weighted by Gasteiger charge is -2.03. The van der Waals surface area contributed by atoms with E-state index in [1.807, 2.05) is 0 Å². The van der Waals surface area contributed by atoms with Gasteiger partial charge in [-0.3, -0.25) is 14.9 Å². The Kier molecular flexibility index (Phi) is 5.44. The van der Waals surface area contributed by atoms with Gasteiger partial charge < -0.3 is 5.32 Å². The van der Waals surface area contributed by atoms with Crippen LogP contribution in [0.15, 0.2) is 54.6 Å². The van der Waals surface area contributed by atoms with Crippen LogP contribution in [0.3, 0.4) is 0 Å². The summed E-state index contributed by atoms with van der Waals surface area (Å²) in [6, 6.07) is 13.2. The van der Waals surface area contributed by atoms with E-state index in [2.05, 4.69) is 20.0 Å². The monoisotopic (exact) mass is 408 g/mol. The lowest BCUT2D eigenvalue weighted by Crippen LogP contribution is -2.25. The van der Waals surface area contributed by atoms with Crippen LogP contribution in [-0.4, -0.2) is 27.2 Å². The van der Waals surface area contributed by atoms with Crippen LogP contribution in [0.4, 0.5) is 9.52 Å². The van der Waals surface area contributed by atoms with Crippen molar-refractivity contribution in [3.8, 4) is 11.4 Å². The van der Waals surface area contributed by atoms with Crippen molar-refractivity contribution in [2.24, 2.45) is 0 Å². The van der Waals surface area contributed by atoms with Gasteiger partial charge in [0.15, 0.2) is 5.82 Å². The van der Waals surface area contributed by atoms with Crippen LogP contribution < -0.4 is 10.6 Å². The molecule has 1 aromatic heterocycles. The third kappa shape index (κ3) is 5.11. The molecular weight excluding hydrogens is 391 g/mol. The van der Waals surface area contributed by atoms with Gasteiger partial charge in [-0.1, -0.05) is 12.1 Å². The maximum Gasteiger partial charge on any atom is 0.251 e. The second-order valence-corrected chi connectivity index (χ2v) is 7.37. The number of benzene rings is 2. The van der Waals surface area contributed by atoms with E-state index in [0.717, 1.165) is 29.9 Å². The summed E-state index contributed by atoms with van der Waals surface area (Å²) in [5, 5.41) is 5.94. The zero-order chi connectivity index (χ0) is 20.2. The Morgan fingerprint density at radius 1 is 1.07 bits per heavy atom. The summed E-state index contributed by atoms with van der Waals surface area (Å²) in [5.41, 5.74) is 2.07. The average Bonchev–Trinajstić information content (AvgIpc) is 3.42. The lowest BCUT2D eigenvalue weighted by atomic mass is 10.1. The van der Waals surface area contributed by atoms with Gasteiger partial charge in [0, 0.05) is 34.8 Å². The molecule has 1 aliphatic rings.